The van der Waals surface area contributed by atoms with Gasteiger partial charge in [-0.05, 0) is 19.9 Å². The van der Waals surface area contributed by atoms with Crippen molar-refractivity contribution in [3.63, 3.8) is 0 Å². The molecule has 0 unspecified atom stereocenters. The van der Waals surface area contributed by atoms with Gasteiger partial charge in [-0.15, -0.1) is 0 Å². The van der Waals surface area contributed by atoms with Crippen molar-refractivity contribution in [3.05, 3.63) is 24.7 Å². The number of amides is 1. The van der Waals surface area contributed by atoms with E-state index < -0.39 is 5.91 Å². The Bertz CT molecular complexity index is 638. The molecule has 122 valence electrons. The zero-order chi connectivity index (χ0) is 16.5. The van der Waals surface area contributed by atoms with E-state index in [4.69, 9.17) is 14.2 Å². The highest BCUT2D eigenvalue weighted by Crippen LogP contribution is 2.23. The molecule has 2 rings (SSSR count). The number of hydrogen-bond donors (Lipinski definition) is 1. The van der Waals surface area contributed by atoms with Crippen LogP contribution in [0.15, 0.2) is 24.7 Å². The molecule has 0 saturated carbocycles. The summed E-state index contributed by atoms with van der Waals surface area (Å²) in [4.78, 5) is 27.7. The molecule has 0 aliphatic heterocycles. The van der Waals surface area contributed by atoms with E-state index in [1.54, 1.807) is 6.07 Å². The van der Waals surface area contributed by atoms with Gasteiger partial charge in [-0.1, -0.05) is 0 Å². The first kappa shape index (κ1) is 16.4. The molecule has 2 aromatic heterocycles. The Labute approximate surface area is 133 Å². The number of nitrogens with zero attached hydrogens (tertiary/aromatic N) is 4. The van der Waals surface area contributed by atoms with Crippen molar-refractivity contribution in [1.82, 2.24) is 19.9 Å². The van der Waals surface area contributed by atoms with Crippen molar-refractivity contribution in [2.75, 3.05) is 25.1 Å². The van der Waals surface area contributed by atoms with Crippen LogP contribution in [0.25, 0.3) is 0 Å². The summed E-state index contributed by atoms with van der Waals surface area (Å²) < 4.78 is 15.7. The van der Waals surface area contributed by atoms with Gasteiger partial charge < -0.3 is 19.5 Å². The van der Waals surface area contributed by atoms with Crippen molar-refractivity contribution in [2.24, 2.45) is 0 Å². The third-order valence-electron chi connectivity index (χ3n) is 2.43. The average Bonchev–Trinajstić information content (AvgIpc) is 2.57. The van der Waals surface area contributed by atoms with Crippen LogP contribution in [0.1, 0.15) is 13.8 Å². The van der Waals surface area contributed by atoms with Crippen molar-refractivity contribution >= 4 is 11.6 Å². The van der Waals surface area contributed by atoms with Gasteiger partial charge in [-0.3, -0.25) is 4.79 Å². The molecule has 9 heteroatoms. The van der Waals surface area contributed by atoms with Crippen LogP contribution >= 0.6 is 0 Å². The maximum atomic E-state index is 11.9. The first-order valence-corrected chi connectivity index (χ1v) is 7.05. The molecule has 0 spiro atoms. The summed E-state index contributed by atoms with van der Waals surface area (Å²) in [6.07, 6.45) is 4.46. The lowest BCUT2D eigenvalue weighted by atomic mass is 10.4. The second-order valence-electron chi connectivity index (χ2n) is 4.11. The number of ether oxygens (including phenoxy) is 3. The molecular formula is C14H17N5O4. The molecule has 0 radical (unpaired) electrons. The fraction of sp³-hybridized carbons (Fsp3) is 0.357. The number of aromatic nitrogens is 4. The Balaban J connectivity index is 1.98. The molecule has 2 heterocycles. The molecule has 0 atom stereocenters. The van der Waals surface area contributed by atoms with E-state index in [2.05, 4.69) is 25.3 Å². The summed E-state index contributed by atoms with van der Waals surface area (Å²) in [5.41, 5.74) is 0.331. The molecule has 2 aromatic rings. The maximum Gasteiger partial charge on any atom is 0.319 e. The van der Waals surface area contributed by atoms with Crippen molar-refractivity contribution in [1.29, 1.82) is 0 Å². The van der Waals surface area contributed by atoms with Crippen molar-refractivity contribution in [2.45, 2.75) is 13.8 Å². The number of carbonyl (C=O) groups is 1. The van der Waals surface area contributed by atoms with Gasteiger partial charge in [0.05, 0.1) is 19.4 Å². The largest absolute Gasteiger partial charge is 0.476 e. The van der Waals surface area contributed by atoms with Gasteiger partial charge in [-0.2, -0.15) is 4.98 Å². The van der Waals surface area contributed by atoms with Crippen LogP contribution in [0, 0.1) is 0 Å². The topological polar surface area (TPSA) is 108 Å². The molecule has 0 bridgehead atoms. The second-order valence-corrected chi connectivity index (χ2v) is 4.11. The molecule has 9 nitrogen and oxygen atoms in total. The van der Waals surface area contributed by atoms with Crippen LogP contribution in [-0.2, 0) is 4.79 Å². The quantitative estimate of drug-likeness (QED) is 0.770. The van der Waals surface area contributed by atoms with Crippen LogP contribution in [-0.4, -0.2) is 45.7 Å². The van der Waals surface area contributed by atoms with Crippen molar-refractivity contribution < 1.29 is 19.0 Å². The number of rotatable bonds is 8. The van der Waals surface area contributed by atoms with E-state index in [1.807, 2.05) is 13.8 Å². The zero-order valence-corrected chi connectivity index (χ0v) is 12.9. The lowest BCUT2D eigenvalue weighted by Gasteiger charge is -2.11. The molecule has 0 aliphatic rings. The van der Waals surface area contributed by atoms with Crippen LogP contribution in [0.3, 0.4) is 0 Å². The molecule has 0 aromatic carbocycles. The summed E-state index contributed by atoms with van der Waals surface area (Å²) in [7, 11) is 0. The average molecular weight is 319 g/mol. The van der Waals surface area contributed by atoms with E-state index in [9.17, 15) is 4.79 Å². The monoisotopic (exact) mass is 319 g/mol. The Hall–Kier alpha value is -2.97. The molecule has 1 N–H and O–H groups in total. The molecule has 0 saturated heterocycles. The highest BCUT2D eigenvalue weighted by molar-refractivity contribution is 5.92. The van der Waals surface area contributed by atoms with E-state index in [0.29, 0.717) is 18.9 Å². The minimum atomic E-state index is -0.411. The van der Waals surface area contributed by atoms with Gasteiger partial charge >= 0.3 is 12.0 Å². The predicted octanol–water partition coefficient (Wildman–Crippen LogP) is 1.08. The van der Waals surface area contributed by atoms with Crippen LogP contribution in [0.2, 0.25) is 0 Å². The number of anilines is 1. The SMILES string of the molecule is CCOc1ncc(NC(=O)COc2ncccn2)c(OCC)n1. The second kappa shape index (κ2) is 8.47. The fourth-order valence-corrected chi connectivity index (χ4v) is 1.56. The normalized spacial score (nSPS) is 10.0. The fourth-order valence-electron chi connectivity index (χ4n) is 1.56. The number of hydrogen-bond acceptors (Lipinski definition) is 8. The molecule has 0 aliphatic carbocycles. The van der Waals surface area contributed by atoms with Gasteiger partial charge in [0.1, 0.15) is 5.69 Å². The van der Waals surface area contributed by atoms with Crippen molar-refractivity contribution in [3.8, 4) is 17.9 Å². The summed E-state index contributed by atoms with van der Waals surface area (Å²) in [5, 5.41) is 2.61. The minimum absolute atomic E-state index is 0.121. The highest BCUT2D eigenvalue weighted by atomic mass is 16.5. The van der Waals surface area contributed by atoms with E-state index in [-0.39, 0.29) is 24.5 Å². The van der Waals surface area contributed by atoms with Gasteiger partial charge in [0, 0.05) is 12.4 Å². The summed E-state index contributed by atoms with van der Waals surface area (Å²) in [5.74, 6) is -0.179. The minimum Gasteiger partial charge on any atom is -0.476 e. The highest BCUT2D eigenvalue weighted by Gasteiger charge is 2.13. The Morgan fingerprint density at radius 1 is 1.04 bits per heavy atom. The standard InChI is InChI=1S/C14H17N5O4/c1-3-21-12-10(8-17-14(19-12)22-4-2)18-11(20)9-23-13-15-6-5-7-16-13/h5-8H,3-4,9H2,1-2H3,(H,18,20). The summed E-state index contributed by atoms with van der Waals surface area (Å²) in [6.45, 7) is 4.21. The Kier molecular flexibility index (Phi) is 6.04. The van der Waals surface area contributed by atoms with E-state index in [1.165, 1.54) is 18.6 Å². The van der Waals surface area contributed by atoms with Gasteiger partial charge in [0.15, 0.2) is 6.61 Å². The van der Waals surface area contributed by atoms with Gasteiger partial charge in [0.25, 0.3) is 5.91 Å². The molecule has 23 heavy (non-hydrogen) atoms. The molecule has 1 amide bonds. The van der Waals surface area contributed by atoms with Crippen LogP contribution in [0.4, 0.5) is 5.69 Å². The summed E-state index contributed by atoms with van der Waals surface area (Å²) in [6, 6.07) is 1.96. The first-order valence-electron chi connectivity index (χ1n) is 7.05. The third-order valence-corrected chi connectivity index (χ3v) is 2.43. The lowest BCUT2D eigenvalue weighted by Crippen LogP contribution is -2.21. The lowest BCUT2D eigenvalue weighted by molar-refractivity contribution is -0.118. The van der Waals surface area contributed by atoms with E-state index in [0.717, 1.165) is 0 Å². The maximum absolute atomic E-state index is 11.9. The Morgan fingerprint density at radius 3 is 2.48 bits per heavy atom. The third kappa shape index (κ3) is 5.06. The van der Waals surface area contributed by atoms with E-state index >= 15 is 0 Å². The van der Waals surface area contributed by atoms with Crippen LogP contribution in [0.5, 0.6) is 17.9 Å². The summed E-state index contributed by atoms with van der Waals surface area (Å²) >= 11 is 0. The van der Waals surface area contributed by atoms with Gasteiger partial charge in [0.2, 0.25) is 5.88 Å². The zero-order valence-electron chi connectivity index (χ0n) is 12.9. The first-order chi connectivity index (χ1) is 11.2. The predicted molar refractivity (Wildman–Crippen MR) is 80.5 cm³/mol. The number of nitrogens with one attached hydrogen (secondary N) is 1. The van der Waals surface area contributed by atoms with Gasteiger partial charge in [-0.25, -0.2) is 15.0 Å². The molecular weight excluding hydrogens is 302 g/mol. The number of carbonyl (C=O) groups excluding carboxylic acids is 1. The smallest absolute Gasteiger partial charge is 0.319 e. The van der Waals surface area contributed by atoms with Crippen LogP contribution < -0.4 is 19.5 Å². The molecule has 0 fully saturated rings. The Morgan fingerprint density at radius 2 is 1.78 bits per heavy atom.